The molecule has 9 nitrogen and oxygen atoms in total. The third-order valence-corrected chi connectivity index (χ3v) is 5.63. The van der Waals surface area contributed by atoms with Crippen molar-refractivity contribution in [1.29, 1.82) is 0 Å². The van der Waals surface area contributed by atoms with Gasteiger partial charge in [-0.05, 0) is 38.1 Å². The van der Waals surface area contributed by atoms with Gasteiger partial charge in [-0.3, -0.25) is 19.3 Å². The Morgan fingerprint density at radius 1 is 1.12 bits per heavy atom. The summed E-state index contributed by atoms with van der Waals surface area (Å²) < 4.78 is 5.78. The normalized spacial score (nSPS) is 17.8. The Morgan fingerprint density at radius 3 is 2.52 bits per heavy atom. The first kappa shape index (κ1) is 22.1. The van der Waals surface area contributed by atoms with Gasteiger partial charge in [-0.1, -0.05) is 35.9 Å². The minimum atomic E-state index is -1.43. The molecule has 4 rings (SSSR count). The van der Waals surface area contributed by atoms with Crippen molar-refractivity contribution in [3.05, 3.63) is 65.9 Å². The summed E-state index contributed by atoms with van der Waals surface area (Å²) in [6, 6.07) is 15.5. The van der Waals surface area contributed by atoms with Crippen LogP contribution in [0.2, 0.25) is 0 Å². The molecule has 0 radical (unpaired) electrons. The number of fused-ring (bicyclic) bond motifs is 1. The Balaban J connectivity index is 1.41. The number of para-hydroxylation sites is 1. The number of imide groups is 1. The third-order valence-electron chi connectivity index (χ3n) is 5.63. The predicted octanol–water partition coefficient (Wildman–Crippen LogP) is 2.61. The van der Waals surface area contributed by atoms with Crippen molar-refractivity contribution in [3.8, 4) is 0 Å². The van der Waals surface area contributed by atoms with E-state index in [0.717, 1.165) is 15.8 Å². The molecule has 0 unspecified atom stereocenters. The Bertz CT molecular complexity index is 1220. The summed E-state index contributed by atoms with van der Waals surface area (Å²) in [5, 5.41) is 6.13. The highest BCUT2D eigenvalue weighted by molar-refractivity contribution is 6.09. The number of furan rings is 1. The largest absolute Gasteiger partial charge is 0.458 e. The number of nitrogens with zero attached hydrogens (tertiary/aromatic N) is 2. The Hall–Kier alpha value is -4.14. The Morgan fingerprint density at radius 2 is 1.82 bits per heavy atom. The number of hydrogen-bond acceptors (Lipinski definition) is 5. The lowest BCUT2D eigenvalue weighted by molar-refractivity contribution is -0.139. The number of amides is 5. The van der Waals surface area contributed by atoms with Crippen LogP contribution in [0.1, 0.15) is 18.2 Å². The van der Waals surface area contributed by atoms with Crippen molar-refractivity contribution in [1.82, 2.24) is 15.1 Å². The van der Waals surface area contributed by atoms with Crippen molar-refractivity contribution >= 4 is 40.4 Å². The fourth-order valence-corrected chi connectivity index (χ4v) is 3.63. The molecule has 1 saturated heterocycles. The average Bonchev–Trinajstić information content (AvgIpc) is 3.31. The maximum atomic E-state index is 13.1. The van der Waals surface area contributed by atoms with E-state index in [1.54, 1.807) is 24.3 Å². The van der Waals surface area contributed by atoms with E-state index < -0.39 is 29.9 Å². The van der Waals surface area contributed by atoms with Crippen LogP contribution in [0.15, 0.2) is 59.0 Å². The topological polar surface area (TPSA) is 112 Å². The number of carbonyl (C=O) groups is 4. The zero-order valence-corrected chi connectivity index (χ0v) is 18.5. The second kappa shape index (κ2) is 8.42. The molecule has 1 fully saturated rings. The number of anilines is 1. The molecule has 0 saturated carbocycles. The smallest absolute Gasteiger partial charge is 0.325 e. The minimum absolute atomic E-state index is 0.225. The SMILES string of the molecule is Cc1ccc(NC(=O)CN(C)C(=O)CN2C(=O)N[C@](C)(c3cc4ccccc4o3)C2=O)cc1. The molecule has 0 spiro atoms. The molecule has 1 atom stereocenters. The van der Waals surface area contributed by atoms with Gasteiger partial charge >= 0.3 is 6.03 Å². The van der Waals surface area contributed by atoms with Gasteiger partial charge in [-0.25, -0.2) is 4.79 Å². The quantitative estimate of drug-likeness (QED) is 0.563. The first-order valence-electron chi connectivity index (χ1n) is 10.4. The fraction of sp³-hybridized carbons (Fsp3) is 0.250. The molecule has 1 aliphatic heterocycles. The summed E-state index contributed by atoms with van der Waals surface area (Å²) in [5.41, 5.74) is 0.827. The number of likely N-dealkylation sites (N-methyl/N-ethyl adjacent to an activating group) is 1. The van der Waals surface area contributed by atoms with Crippen LogP contribution in [0.5, 0.6) is 0 Å². The maximum absolute atomic E-state index is 13.1. The molecule has 9 heteroatoms. The van der Waals surface area contributed by atoms with Gasteiger partial charge in [0.1, 0.15) is 17.9 Å². The lowest BCUT2D eigenvalue weighted by Crippen LogP contribution is -2.45. The van der Waals surface area contributed by atoms with Crippen LogP contribution in [-0.2, 0) is 19.9 Å². The molecule has 1 aromatic heterocycles. The van der Waals surface area contributed by atoms with E-state index in [0.29, 0.717) is 11.3 Å². The van der Waals surface area contributed by atoms with Crippen molar-refractivity contribution in [2.45, 2.75) is 19.4 Å². The summed E-state index contributed by atoms with van der Waals surface area (Å²) in [4.78, 5) is 52.6. The molecule has 3 aromatic rings. The first-order valence-corrected chi connectivity index (χ1v) is 10.4. The highest BCUT2D eigenvalue weighted by Crippen LogP contribution is 2.33. The molecule has 2 aromatic carbocycles. The molecular weight excluding hydrogens is 424 g/mol. The van der Waals surface area contributed by atoms with Crippen LogP contribution in [0.4, 0.5) is 10.5 Å². The van der Waals surface area contributed by atoms with E-state index in [-0.39, 0.29) is 18.2 Å². The van der Waals surface area contributed by atoms with Gasteiger partial charge in [0.05, 0.1) is 6.54 Å². The summed E-state index contributed by atoms with van der Waals surface area (Å²) in [5.74, 6) is -1.26. The summed E-state index contributed by atoms with van der Waals surface area (Å²) in [6.45, 7) is 2.76. The molecule has 33 heavy (non-hydrogen) atoms. The van der Waals surface area contributed by atoms with Crippen LogP contribution in [0, 0.1) is 6.92 Å². The predicted molar refractivity (Wildman–Crippen MR) is 121 cm³/mol. The molecule has 170 valence electrons. The summed E-state index contributed by atoms with van der Waals surface area (Å²) >= 11 is 0. The monoisotopic (exact) mass is 448 g/mol. The second-order valence-electron chi connectivity index (χ2n) is 8.26. The van der Waals surface area contributed by atoms with E-state index in [9.17, 15) is 19.2 Å². The molecule has 0 bridgehead atoms. The summed E-state index contributed by atoms with van der Waals surface area (Å²) in [6.07, 6.45) is 0. The molecular formula is C24H24N4O5. The van der Waals surface area contributed by atoms with E-state index >= 15 is 0 Å². The van der Waals surface area contributed by atoms with Gasteiger partial charge in [0.25, 0.3) is 5.91 Å². The Labute approximate surface area is 190 Å². The third kappa shape index (κ3) is 4.30. The molecule has 2 N–H and O–H groups in total. The zero-order valence-electron chi connectivity index (χ0n) is 18.5. The summed E-state index contributed by atoms with van der Waals surface area (Å²) in [7, 11) is 1.44. The zero-order chi connectivity index (χ0) is 23.8. The molecule has 0 aliphatic carbocycles. The van der Waals surface area contributed by atoms with E-state index in [1.807, 2.05) is 37.3 Å². The van der Waals surface area contributed by atoms with Crippen LogP contribution >= 0.6 is 0 Å². The van der Waals surface area contributed by atoms with Gasteiger partial charge in [-0.15, -0.1) is 0 Å². The first-order chi connectivity index (χ1) is 15.7. The number of hydrogen-bond donors (Lipinski definition) is 2. The number of aryl methyl sites for hydroxylation is 1. The standard InChI is InChI=1S/C24H24N4O5/c1-15-8-10-17(11-9-15)25-20(29)13-27(3)21(30)14-28-22(31)24(2,26-23(28)32)19-12-16-6-4-5-7-18(16)33-19/h4-12H,13-14H2,1-3H3,(H,25,29)(H,26,32)/t24-/m1/s1. The average molecular weight is 448 g/mol. The van der Waals surface area contributed by atoms with Gasteiger partial charge in [0, 0.05) is 18.1 Å². The van der Waals surface area contributed by atoms with Crippen molar-refractivity contribution in [2.24, 2.45) is 0 Å². The highest BCUT2D eigenvalue weighted by Gasteiger charge is 2.51. The van der Waals surface area contributed by atoms with Gasteiger partial charge in [0.15, 0.2) is 5.54 Å². The number of nitrogens with one attached hydrogen (secondary N) is 2. The maximum Gasteiger partial charge on any atom is 0.325 e. The molecule has 2 heterocycles. The number of carbonyl (C=O) groups excluding carboxylic acids is 4. The van der Waals surface area contributed by atoms with Crippen LogP contribution in [-0.4, -0.2) is 53.7 Å². The highest BCUT2D eigenvalue weighted by atomic mass is 16.3. The molecule has 1 aliphatic rings. The molecule has 5 amide bonds. The Kier molecular flexibility index (Phi) is 5.63. The van der Waals surface area contributed by atoms with Crippen LogP contribution in [0.3, 0.4) is 0 Å². The van der Waals surface area contributed by atoms with Gasteiger partial charge in [-0.2, -0.15) is 0 Å². The van der Waals surface area contributed by atoms with Crippen LogP contribution < -0.4 is 10.6 Å². The van der Waals surface area contributed by atoms with E-state index in [2.05, 4.69) is 10.6 Å². The van der Waals surface area contributed by atoms with Gasteiger partial charge < -0.3 is 20.0 Å². The van der Waals surface area contributed by atoms with Crippen molar-refractivity contribution < 1.29 is 23.6 Å². The minimum Gasteiger partial charge on any atom is -0.458 e. The lowest BCUT2D eigenvalue weighted by Gasteiger charge is -2.21. The number of rotatable bonds is 6. The van der Waals surface area contributed by atoms with Crippen LogP contribution in [0.25, 0.3) is 11.0 Å². The lowest BCUT2D eigenvalue weighted by atomic mass is 9.99. The fourth-order valence-electron chi connectivity index (χ4n) is 3.63. The van der Waals surface area contributed by atoms with E-state index in [4.69, 9.17) is 4.42 Å². The number of benzene rings is 2. The van der Waals surface area contributed by atoms with E-state index in [1.165, 1.54) is 18.9 Å². The van der Waals surface area contributed by atoms with Gasteiger partial charge in [0.2, 0.25) is 11.8 Å². The van der Waals surface area contributed by atoms with Crippen molar-refractivity contribution in [2.75, 3.05) is 25.5 Å². The second-order valence-corrected chi connectivity index (χ2v) is 8.26. The number of urea groups is 1. The van der Waals surface area contributed by atoms with Crippen molar-refractivity contribution in [3.63, 3.8) is 0 Å².